The van der Waals surface area contributed by atoms with Crippen molar-refractivity contribution in [2.45, 2.75) is 30.8 Å². The third-order valence-electron chi connectivity index (χ3n) is 6.43. The average Bonchev–Trinajstić information content (AvgIpc) is 2.90. The van der Waals surface area contributed by atoms with Gasteiger partial charge in [-0.3, -0.25) is 4.90 Å². The van der Waals surface area contributed by atoms with Crippen LogP contribution in [0.2, 0.25) is 5.02 Å². The molecule has 4 rings (SSSR count). The number of benzene rings is 1. The van der Waals surface area contributed by atoms with E-state index in [9.17, 15) is 15.8 Å². The number of nitrogens with zero attached hydrogens (tertiary/aromatic N) is 4. The number of halogens is 1. The zero-order valence-corrected chi connectivity index (χ0v) is 15.6. The summed E-state index contributed by atoms with van der Waals surface area (Å²) in [4.78, 5) is 2.29. The predicted octanol–water partition coefficient (Wildman–Crippen LogP) is 3.23. The van der Waals surface area contributed by atoms with Crippen molar-refractivity contribution in [2.75, 3.05) is 7.05 Å². The van der Waals surface area contributed by atoms with Crippen LogP contribution in [0.15, 0.2) is 47.2 Å². The molecule has 0 radical (unpaired) electrons. The predicted molar refractivity (Wildman–Crippen MR) is 101 cm³/mol. The first kappa shape index (κ1) is 17.6. The largest absolute Gasteiger partial charge is 0.399 e. The van der Waals surface area contributed by atoms with Crippen LogP contribution in [0.4, 0.5) is 0 Å². The van der Waals surface area contributed by atoms with Gasteiger partial charge in [0.05, 0.1) is 23.4 Å². The van der Waals surface area contributed by atoms with Gasteiger partial charge in [0.25, 0.3) is 0 Å². The summed E-state index contributed by atoms with van der Waals surface area (Å²) in [6, 6.07) is 14.2. The summed E-state index contributed by atoms with van der Waals surface area (Å²) in [5.41, 5.74) is 6.78. The molecule has 1 fully saturated rings. The minimum atomic E-state index is -1.60. The summed E-state index contributed by atoms with van der Waals surface area (Å²) in [7, 11) is 2.07. The first-order chi connectivity index (χ1) is 13.0. The Balaban J connectivity index is 2.06. The molecule has 1 aromatic rings. The highest BCUT2D eigenvalue weighted by molar-refractivity contribution is 6.30. The molecule has 5 nitrogen and oxygen atoms in total. The van der Waals surface area contributed by atoms with Crippen molar-refractivity contribution in [1.29, 1.82) is 15.8 Å². The summed E-state index contributed by atoms with van der Waals surface area (Å²) < 4.78 is 0. The highest BCUT2D eigenvalue weighted by atomic mass is 35.5. The van der Waals surface area contributed by atoms with Gasteiger partial charge in [-0.15, -0.1) is 0 Å². The SMILES string of the molecule is CN1[C@@H]2CC[C@@H]1C=C1C(C#N)=C(N)C(C#N)(C#N)[C@H](c3cccc(Cl)c3)[C@H]12. The van der Waals surface area contributed by atoms with E-state index in [2.05, 4.69) is 36.2 Å². The maximum atomic E-state index is 10.1. The zero-order chi connectivity index (χ0) is 19.3. The van der Waals surface area contributed by atoms with Crippen molar-refractivity contribution < 1.29 is 0 Å². The van der Waals surface area contributed by atoms with E-state index in [1.54, 1.807) is 12.1 Å². The molecule has 0 spiro atoms. The van der Waals surface area contributed by atoms with Crippen LogP contribution in [-0.4, -0.2) is 24.0 Å². The fourth-order valence-corrected chi connectivity index (χ4v) is 5.36. The molecule has 134 valence electrons. The number of hydrogen-bond donors (Lipinski definition) is 1. The quantitative estimate of drug-likeness (QED) is 0.812. The fraction of sp³-hybridized carbons (Fsp3) is 0.381. The Morgan fingerprint density at radius 3 is 2.59 bits per heavy atom. The summed E-state index contributed by atoms with van der Waals surface area (Å²) >= 11 is 6.23. The third kappa shape index (κ3) is 2.25. The molecular formula is C21H18ClN5. The zero-order valence-electron chi connectivity index (χ0n) is 14.9. The Hall–Kier alpha value is -2.78. The van der Waals surface area contributed by atoms with Crippen LogP contribution in [0.3, 0.4) is 0 Å². The Labute approximate surface area is 163 Å². The van der Waals surface area contributed by atoms with Gasteiger partial charge in [0.2, 0.25) is 0 Å². The lowest BCUT2D eigenvalue weighted by atomic mass is 9.56. The van der Waals surface area contributed by atoms with Crippen LogP contribution < -0.4 is 5.73 Å². The van der Waals surface area contributed by atoms with E-state index in [-0.39, 0.29) is 23.7 Å². The second-order valence-electron chi connectivity index (χ2n) is 7.49. The number of nitriles is 3. The molecular weight excluding hydrogens is 358 g/mol. The Morgan fingerprint density at radius 1 is 1.22 bits per heavy atom. The van der Waals surface area contributed by atoms with Gasteiger partial charge in [-0.05, 0) is 43.2 Å². The van der Waals surface area contributed by atoms with E-state index in [1.807, 2.05) is 12.1 Å². The maximum absolute atomic E-state index is 10.1. The normalized spacial score (nSPS) is 31.3. The van der Waals surface area contributed by atoms with Crippen molar-refractivity contribution >= 4 is 11.6 Å². The van der Waals surface area contributed by atoms with Crippen LogP contribution in [0.1, 0.15) is 24.3 Å². The van der Waals surface area contributed by atoms with E-state index in [1.165, 1.54) is 0 Å². The average molecular weight is 376 g/mol. The summed E-state index contributed by atoms with van der Waals surface area (Å²) in [6.07, 6.45) is 4.05. The summed E-state index contributed by atoms with van der Waals surface area (Å²) in [5, 5.41) is 30.5. The monoisotopic (exact) mass is 375 g/mol. The Bertz CT molecular complexity index is 989. The minimum Gasteiger partial charge on any atom is -0.399 e. The van der Waals surface area contributed by atoms with Gasteiger partial charge < -0.3 is 5.73 Å². The topological polar surface area (TPSA) is 101 Å². The van der Waals surface area contributed by atoms with Crippen molar-refractivity contribution in [2.24, 2.45) is 17.1 Å². The van der Waals surface area contributed by atoms with Crippen molar-refractivity contribution in [3.8, 4) is 18.2 Å². The second-order valence-corrected chi connectivity index (χ2v) is 7.93. The molecule has 1 aromatic carbocycles. The molecule has 0 saturated carbocycles. The first-order valence-corrected chi connectivity index (χ1v) is 9.28. The first-order valence-electron chi connectivity index (χ1n) is 8.90. The highest BCUT2D eigenvalue weighted by Gasteiger charge is 2.58. The standard InChI is InChI=1S/C21H18ClN5/c1-27-14-5-6-17(27)18-15(8-14)16(9-23)20(26)21(10-24,11-25)19(18)12-3-2-4-13(22)7-12/h2-4,7-8,14,17-19H,5-6,26H2,1H3/t14-,17-,18-,19-/m1/s1. The van der Waals surface area contributed by atoms with Gasteiger partial charge in [-0.1, -0.05) is 29.8 Å². The lowest BCUT2D eigenvalue weighted by Crippen LogP contribution is -2.51. The summed E-state index contributed by atoms with van der Waals surface area (Å²) in [6.45, 7) is 0. The molecule has 2 bridgehead atoms. The minimum absolute atomic E-state index is 0.0615. The van der Waals surface area contributed by atoms with Crippen LogP contribution in [-0.2, 0) is 0 Å². The van der Waals surface area contributed by atoms with Crippen molar-refractivity contribution in [3.63, 3.8) is 0 Å². The second kappa shape index (κ2) is 6.14. The van der Waals surface area contributed by atoms with E-state index in [4.69, 9.17) is 17.3 Å². The molecule has 2 heterocycles. The molecule has 0 amide bonds. The molecule has 2 N–H and O–H groups in total. The van der Waals surface area contributed by atoms with Gasteiger partial charge in [0.15, 0.2) is 5.41 Å². The van der Waals surface area contributed by atoms with Crippen LogP contribution in [0.25, 0.3) is 0 Å². The Kier molecular flexibility index (Phi) is 4.01. The van der Waals surface area contributed by atoms with Crippen LogP contribution >= 0.6 is 11.6 Å². The van der Waals surface area contributed by atoms with Gasteiger partial charge in [-0.2, -0.15) is 15.8 Å². The molecule has 0 unspecified atom stereocenters. The molecule has 2 aliphatic heterocycles. The van der Waals surface area contributed by atoms with Gasteiger partial charge in [0, 0.05) is 28.9 Å². The number of fused-ring (bicyclic) bond motifs is 4. The van der Waals surface area contributed by atoms with Crippen LogP contribution in [0, 0.1) is 45.3 Å². The molecule has 0 aromatic heterocycles. The maximum Gasteiger partial charge on any atom is 0.191 e. The molecule has 27 heavy (non-hydrogen) atoms. The van der Waals surface area contributed by atoms with E-state index in [0.29, 0.717) is 10.6 Å². The fourth-order valence-electron chi connectivity index (χ4n) is 5.16. The lowest BCUT2D eigenvalue weighted by molar-refractivity contribution is 0.160. The lowest BCUT2D eigenvalue weighted by Gasteiger charge is -2.48. The van der Waals surface area contributed by atoms with E-state index >= 15 is 0 Å². The smallest absolute Gasteiger partial charge is 0.191 e. The van der Waals surface area contributed by atoms with Gasteiger partial charge in [0.1, 0.15) is 6.07 Å². The number of rotatable bonds is 1. The summed E-state index contributed by atoms with van der Waals surface area (Å²) in [5.74, 6) is -0.644. The molecule has 1 saturated heterocycles. The Morgan fingerprint density at radius 2 is 1.96 bits per heavy atom. The van der Waals surface area contributed by atoms with Crippen molar-refractivity contribution in [3.05, 3.63) is 57.8 Å². The van der Waals surface area contributed by atoms with Gasteiger partial charge in [-0.25, -0.2) is 0 Å². The number of hydrogen-bond acceptors (Lipinski definition) is 5. The highest BCUT2D eigenvalue weighted by Crippen LogP contribution is 2.58. The number of allylic oxidation sites excluding steroid dienone is 2. The molecule has 3 aliphatic rings. The van der Waals surface area contributed by atoms with Crippen molar-refractivity contribution in [1.82, 2.24) is 4.90 Å². The van der Waals surface area contributed by atoms with E-state index in [0.717, 1.165) is 24.0 Å². The molecule has 1 aliphatic carbocycles. The van der Waals surface area contributed by atoms with Gasteiger partial charge >= 0.3 is 0 Å². The van der Waals surface area contributed by atoms with Crippen LogP contribution in [0.5, 0.6) is 0 Å². The number of nitrogens with two attached hydrogens (primary N) is 1. The molecule has 6 heteroatoms. The number of likely N-dealkylation sites (N-methyl/N-ethyl adjacent to an activating group) is 1. The molecule has 4 atom stereocenters. The van der Waals surface area contributed by atoms with E-state index < -0.39 is 11.3 Å². The third-order valence-corrected chi connectivity index (χ3v) is 6.67.